The number of primary amides is 1. The molecule has 1 fully saturated rings. The van der Waals surface area contributed by atoms with Gasteiger partial charge in [0, 0.05) is 31.8 Å². The van der Waals surface area contributed by atoms with E-state index < -0.39 is 0 Å². The molecule has 0 saturated carbocycles. The first-order valence-electron chi connectivity index (χ1n) is 6.52. The number of amides is 2. The largest absolute Gasteiger partial charge is 0.376 e. The van der Waals surface area contributed by atoms with Gasteiger partial charge in [0.2, 0.25) is 5.91 Å². The molecular formula is C13H20N4O2. The lowest BCUT2D eigenvalue weighted by molar-refractivity contribution is -0.123. The Labute approximate surface area is 113 Å². The van der Waals surface area contributed by atoms with E-state index >= 15 is 0 Å². The van der Waals surface area contributed by atoms with Crippen LogP contribution in [0.5, 0.6) is 0 Å². The molecule has 1 aliphatic heterocycles. The van der Waals surface area contributed by atoms with Gasteiger partial charge in [-0.05, 0) is 19.3 Å². The van der Waals surface area contributed by atoms with E-state index in [-0.39, 0.29) is 23.3 Å². The Bertz CT molecular complexity index is 403. The monoisotopic (exact) mass is 264 g/mol. The SMILES string of the molecule is CCCNC(=O)/C(C#N)=C\N1CCC(C(N)=O)CC1. The summed E-state index contributed by atoms with van der Waals surface area (Å²) in [4.78, 5) is 24.6. The van der Waals surface area contributed by atoms with Gasteiger partial charge in [-0.15, -0.1) is 0 Å². The van der Waals surface area contributed by atoms with Crippen molar-refractivity contribution in [1.82, 2.24) is 10.2 Å². The Hall–Kier alpha value is -2.03. The summed E-state index contributed by atoms with van der Waals surface area (Å²) in [6.45, 7) is 3.78. The van der Waals surface area contributed by atoms with Crippen LogP contribution in [0.25, 0.3) is 0 Å². The van der Waals surface area contributed by atoms with Crippen molar-refractivity contribution in [3.8, 4) is 6.07 Å². The lowest BCUT2D eigenvalue weighted by Gasteiger charge is -2.29. The summed E-state index contributed by atoms with van der Waals surface area (Å²) < 4.78 is 0. The highest BCUT2D eigenvalue weighted by molar-refractivity contribution is 5.97. The molecule has 0 bridgehead atoms. The quantitative estimate of drug-likeness (QED) is 0.544. The number of nitrogens with two attached hydrogens (primary N) is 1. The van der Waals surface area contributed by atoms with Crippen LogP contribution in [0.3, 0.4) is 0 Å². The molecule has 0 spiro atoms. The topological polar surface area (TPSA) is 99.2 Å². The average molecular weight is 264 g/mol. The van der Waals surface area contributed by atoms with Crippen LogP contribution in [0.4, 0.5) is 0 Å². The van der Waals surface area contributed by atoms with Gasteiger partial charge in [-0.2, -0.15) is 5.26 Å². The number of carbonyl (C=O) groups is 2. The van der Waals surface area contributed by atoms with Gasteiger partial charge in [-0.25, -0.2) is 0 Å². The second-order valence-corrected chi connectivity index (χ2v) is 4.62. The van der Waals surface area contributed by atoms with E-state index in [1.807, 2.05) is 17.9 Å². The fourth-order valence-corrected chi connectivity index (χ4v) is 1.97. The number of carbonyl (C=O) groups excluding carboxylic acids is 2. The van der Waals surface area contributed by atoms with Crippen LogP contribution in [0.2, 0.25) is 0 Å². The Morgan fingerprint density at radius 3 is 2.58 bits per heavy atom. The molecule has 2 amide bonds. The summed E-state index contributed by atoms with van der Waals surface area (Å²) in [6.07, 6.45) is 3.74. The van der Waals surface area contributed by atoms with Crippen LogP contribution < -0.4 is 11.1 Å². The van der Waals surface area contributed by atoms with Crippen molar-refractivity contribution in [2.24, 2.45) is 11.7 Å². The van der Waals surface area contributed by atoms with Crippen molar-refractivity contribution < 1.29 is 9.59 Å². The van der Waals surface area contributed by atoms with Gasteiger partial charge >= 0.3 is 0 Å². The molecule has 3 N–H and O–H groups in total. The maximum absolute atomic E-state index is 11.7. The molecule has 1 heterocycles. The fraction of sp³-hybridized carbons (Fsp3) is 0.615. The molecule has 1 rings (SSSR count). The van der Waals surface area contributed by atoms with Crippen molar-refractivity contribution in [3.05, 3.63) is 11.8 Å². The van der Waals surface area contributed by atoms with Gasteiger partial charge < -0.3 is 16.0 Å². The van der Waals surface area contributed by atoms with Crippen molar-refractivity contribution in [1.29, 1.82) is 5.26 Å². The van der Waals surface area contributed by atoms with Gasteiger partial charge in [0.15, 0.2) is 0 Å². The highest BCUT2D eigenvalue weighted by atomic mass is 16.2. The number of nitrogens with zero attached hydrogens (tertiary/aromatic N) is 2. The summed E-state index contributed by atoms with van der Waals surface area (Å²) in [7, 11) is 0. The fourth-order valence-electron chi connectivity index (χ4n) is 1.97. The number of rotatable bonds is 5. The minimum atomic E-state index is -0.346. The van der Waals surface area contributed by atoms with Gasteiger partial charge in [-0.3, -0.25) is 9.59 Å². The molecule has 0 radical (unpaired) electrons. The van der Waals surface area contributed by atoms with E-state index in [1.165, 1.54) is 0 Å². The van der Waals surface area contributed by atoms with Crippen LogP contribution in [-0.4, -0.2) is 36.3 Å². The summed E-state index contributed by atoms with van der Waals surface area (Å²) >= 11 is 0. The van der Waals surface area contributed by atoms with E-state index in [9.17, 15) is 9.59 Å². The predicted octanol–water partition coefficient (Wildman–Crippen LogP) is 0.117. The van der Waals surface area contributed by atoms with E-state index in [0.29, 0.717) is 32.5 Å². The van der Waals surface area contributed by atoms with Gasteiger partial charge in [0.1, 0.15) is 11.6 Å². The van der Waals surface area contributed by atoms with E-state index in [1.54, 1.807) is 6.20 Å². The second kappa shape index (κ2) is 7.41. The molecule has 6 heteroatoms. The molecule has 1 saturated heterocycles. The maximum atomic E-state index is 11.7. The van der Waals surface area contributed by atoms with Crippen LogP contribution in [0.1, 0.15) is 26.2 Å². The molecular weight excluding hydrogens is 244 g/mol. The first-order valence-corrected chi connectivity index (χ1v) is 6.52. The molecule has 0 aliphatic carbocycles. The molecule has 0 aromatic carbocycles. The summed E-state index contributed by atoms with van der Waals surface area (Å²) in [5, 5.41) is 11.7. The van der Waals surface area contributed by atoms with Crippen LogP contribution in [-0.2, 0) is 9.59 Å². The van der Waals surface area contributed by atoms with Crippen molar-refractivity contribution in [2.45, 2.75) is 26.2 Å². The van der Waals surface area contributed by atoms with E-state index in [4.69, 9.17) is 11.0 Å². The summed E-state index contributed by atoms with van der Waals surface area (Å²) in [5.41, 5.74) is 5.36. The van der Waals surface area contributed by atoms with Gasteiger partial charge in [0.25, 0.3) is 5.91 Å². The highest BCUT2D eigenvalue weighted by Gasteiger charge is 2.22. The zero-order valence-corrected chi connectivity index (χ0v) is 11.2. The third-order valence-corrected chi connectivity index (χ3v) is 3.14. The Kier molecular flexibility index (Phi) is 5.86. The first kappa shape index (κ1) is 15.0. The Morgan fingerprint density at radius 2 is 2.11 bits per heavy atom. The van der Waals surface area contributed by atoms with E-state index in [2.05, 4.69) is 5.32 Å². The van der Waals surface area contributed by atoms with Gasteiger partial charge in [0.05, 0.1) is 0 Å². The Morgan fingerprint density at radius 1 is 1.47 bits per heavy atom. The minimum absolute atomic E-state index is 0.0934. The molecule has 0 aromatic heterocycles. The third-order valence-electron chi connectivity index (χ3n) is 3.14. The molecule has 1 aliphatic rings. The van der Waals surface area contributed by atoms with Crippen molar-refractivity contribution >= 4 is 11.8 Å². The summed E-state index contributed by atoms with van der Waals surface area (Å²) in [6, 6.07) is 1.91. The molecule has 0 atom stereocenters. The average Bonchev–Trinajstić information content (AvgIpc) is 2.42. The lowest BCUT2D eigenvalue weighted by atomic mass is 9.96. The number of nitriles is 1. The smallest absolute Gasteiger partial charge is 0.263 e. The van der Waals surface area contributed by atoms with Gasteiger partial charge in [-0.1, -0.05) is 6.92 Å². The zero-order chi connectivity index (χ0) is 14.3. The van der Waals surface area contributed by atoms with Crippen LogP contribution in [0, 0.1) is 17.2 Å². The minimum Gasteiger partial charge on any atom is -0.376 e. The van der Waals surface area contributed by atoms with Crippen molar-refractivity contribution in [3.63, 3.8) is 0 Å². The Balaban J connectivity index is 2.56. The second-order valence-electron chi connectivity index (χ2n) is 4.62. The zero-order valence-electron chi connectivity index (χ0n) is 11.2. The van der Waals surface area contributed by atoms with Crippen molar-refractivity contribution in [2.75, 3.05) is 19.6 Å². The number of nitrogens with one attached hydrogen (secondary N) is 1. The molecule has 6 nitrogen and oxygen atoms in total. The number of hydrogen-bond donors (Lipinski definition) is 2. The van der Waals surface area contributed by atoms with Crippen LogP contribution >= 0.6 is 0 Å². The summed E-state index contributed by atoms with van der Waals surface area (Å²) in [5.74, 6) is -0.713. The lowest BCUT2D eigenvalue weighted by Crippen LogP contribution is -2.36. The highest BCUT2D eigenvalue weighted by Crippen LogP contribution is 2.17. The van der Waals surface area contributed by atoms with Crippen LogP contribution in [0.15, 0.2) is 11.8 Å². The molecule has 19 heavy (non-hydrogen) atoms. The third kappa shape index (κ3) is 4.62. The predicted molar refractivity (Wildman–Crippen MR) is 70.5 cm³/mol. The molecule has 104 valence electrons. The first-order chi connectivity index (χ1) is 9.08. The molecule has 0 aromatic rings. The van der Waals surface area contributed by atoms with E-state index in [0.717, 1.165) is 6.42 Å². The number of hydrogen-bond acceptors (Lipinski definition) is 4. The maximum Gasteiger partial charge on any atom is 0.263 e. The number of likely N-dealkylation sites (tertiary alicyclic amines) is 1. The molecule has 0 unspecified atom stereocenters. The standard InChI is InChI=1S/C13H20N4O2/c1-2-5-16-13(19)11(8-14)9-17-6-3-10(4-7-17)12(15)18/h9-10H,2-7H2,1H3,(H2,15,18)(H,16,19)/b11-9-. The number of piperidine rings is 1. The normalized spacial score (nSPS) is 16.8.